The minimum absolute atomic E-state index is 0.00763. The predicted molar refractivity (Wildman–Crippen MR) is 102 cm³/mol. The lowest BCUT2D eigenvalue weighted by molar-refractivity contribution is -0.120. The molecule has 2 rings (SSSR count). The van der Waals surface area contributed by atoms with Crippen molar-refractivity contribution in [1.82, 2.24) is 10.2 Å². The molecule has 0 spiro atoms. The van der Waals surface area contributed by atoms with Crippen molar-refractivity contribution in [2.24, 2.45) is 0 Å². The van der Waals surface area contributed by atoms with Crippen LogP contribution in [0.4, 0.5) is 0 Å². The molecule has 2 amide bonds. The summed E-state index contributed by atoms with van der Waals surface area (Å²) in [6.07, 6.45) is 0.264. The zero-order valence-electron chi connectivity index (χ0n) is 15.8. The molecule has 0 saturated carbocycles. The second-order valence-corrected chi connectivity index (χ2v) is 6.47. The van der Waals surface area contributed by atoms with Crippen molar-refractivity contribution in [1.29, 1.82) is 0 Å². The second-order valence-electron chi connectivity index (χ2n) is 6.47. The summed E-state index contributed by atoms with van der Waals surface area (Å²) in [6.45, 7) is 4.37. The van der Waals surface area contributed by atoms with Gasteiger partial charge >= 0.3 is 0 Å². The van der Waals surface area contributed by atoms with Crippen molar-refractivity contribution in [2.75, 3.05) is 14.2 Å². The molecule has 26 heavy (non-hydrogen) atoms. The molecule has 5 heteroatoms. The number of hydrogen-bond acceptors (Lipinski definition) is 3. The maximum Gasteiger partial charge on any atom is 0.253 e. The standard InChI is InChI=1S/C21H26N2O3/c1-15(2)23(3)21(25)17-11-9-16(10-12-17)14-22-20(24)13-18-7-5-6-8-19(18)26-4/h5-12,15H,13-14H2,1-4H3,(H,22,24). The van der Waals surface area contributed by atoms with Gasteiger partial charge in [0.25, 0.3) is 5.91 Å². The van der Waals surface area contributed by atoms with Gasteiger partial charge in [-0.2, -0.15) is 0 Å². The molecule has 0 heterocycles. The van der Waals surface area contributed by atoms with E-state index < -0.39 is 0 Å². The summed E-state index contributed by atoms with van der Waals surface area (Å²) in [6, 6.07) is 14.9. The zero-order valence-corrected chi connectivity index (χ0v) is 15.8. The summed E-state index contributed by atoms with van der Waals surface area (Å²) in [7, 11) is 3.38. The van der Waals surface area contributed by atoms with Gasteiger partial charge in [0.15, 0.2) is 0 Å². The number of ether oxygens (including phenoxy) is 1. The highest BCUT2D eigenvalue weighted by atomic mass is 16.5. The molecule has 0 atom stereocenters. The first-order valence-corrected chi connectivity index (χ1v) is 8.67. The van der Waals surface area contributed by atoms with E-state index in [0.717, 1.165) is 11.1 Å². The van der Waals surface area contributed by atoms with Crippen LogP contribution in [0.15, 0.2) is 48.5 Å². The van der Waals surface area contributed by atoms with Crippen LogP contribution >= 0.6 is 0 Å². The van der Waals surface area contributed by atoms with Gasteiger partial charge < -0.3 is 15.0 Å². The van der Waals surface area contributed by atoms with Gasteiger partial charge in [-0.05, 0) is 37.6 Å². The van der Waals surface area contributed by atoms with Crippen LogP contribution in [0, 0.1) is 0 Å². The number of carbonyl (C=O) groups is 2. The molecule has 0 aliphatic rings. The molecule has 2 aromatic carbocycles. The lowest BCUT2D eigenvalue weighted by Crippen LogP contribution is -2.32. The Balaban J connectivity index is 1.91. The van der Waals surface area contributed by atoms with Gasteiger partial charge in [0.2, 0.25) is 5.91 Å². The highest BCUT2D eigenvalue weighted by Crippen LogP contribution is 2.17. The molecule has 0 aromatic heterocycles. The third kappa shape index (κ3) is 5.09. The van der Waals surface area contributed by atoms with E-state index in [1.165, 1.54) is 0 Å². The first kappa shape index (κ1) is 19.5. The Morgan fingerprint density at radius 1 is 1.08 bits per heavy atom. The summed E-state index contributed by atoms with van der Waals surface area (Å²) < 4.78 is 5.26. The number of hydrogen-bond donors (Lipinski definition) is 1. The first-order chi connectivity index (χ1) is 12.4. The van der Waals surface area contributed by atoms with Crippen LogP contribution < -0.4 is 10.1 Å². The Kier molecular flexibility index (Phi) is 6.78. The van der Waals surface area contributed by atoms with Gasteiger partial charge in [-0.25, -0.2) is 0 Å². The fraction of sp³-hybridized carbons (Fsp3) is 0.333. The van der Waals surface area contributed by atoms with Gasteiger partial charge in [-0.15, -0.1) is 0 Å². The first-order valence-electron chi connectivity index (χ1n) is 8.67. The van der Waals surface area contributed by atoms with Gasteiger partial charge in [-0.1, -0.05) is 30.3 Å². The normalized spacial score (nSPS) is 10.5. The van der Waals surface area contributed by atoms with Crippen LogP contribution in [0.25, 0.3) is 0 Å². The molecule has 1 N–H and O–H groups in total. The topological polar surface area (TPSA) is 58.6 Å². The van der Waals surface area contributed by atoms with Crippen molar-refractivity contribution in [3.8, 4) is 5.75 Å². The van der Waals surface area contributed by atoms with E-state index in [2.05, 4.69) is 5.32 Å². The number of nitrogens with one attached hydrogen (secondary N) is 1. The Morgan fingerprint density at radius 2 is 1.73 bits per heavy atom. The number of rotatable bonds is 7. The molecule has 0 bridgehead atoms. The summed E-state index contributed by atoms with van der Waals surface area (Å²) >= 11 is 0. The second kappa shape index (κ2) is 9.04. The van der Waals surface area contributed by atoms with E-state index in [1.807, 2.05) is 50.2 Å². The third-order valence-electron chi connectivity index (χ3n) is 4.33. The number of benzene rings is 2. The molecule has 0 fully saturated rings. The number of carbonyl (C=O) groups excluding carboxylic acids is 2. The van der Waals surface area contributed by atoms with Crippen LogP contribution in [0.1, 0.15) is 35.3 Å². The number of para-hydroxylation sites is 1. The van der Waals surface area contributed by atoms with Crippen LogP contribution in [-0.2, 0) is 17.8 Å². The quantitative estimate of drug-likeness (QED) is 0.831. The van der Waals surface area contributed by atoms with Gasteiger partial charge in [0.1, 0.15) is 5.75 Å². The molecular weight excluding hydrogens is 328 g/mol. The van der Waals surface area contributed by atoms with E-state index in [1.54, 1.807) is 31.2 Å². The smallest absolute Gasteiger partial charge is 0.253 e. The fourth-order valence-electron chi connectivity index (χ4n) is 2.49. The lowest BCUT2D eigenvalue weighted by atomic mass is 10.1. The van der Waals surface area contributed by atoms with E-state index in [9.17, 15) is 9.59 Å². The fourth-order valence-corrected chi connectivity index (χ4v) is 2.49. The van der Waals surface area contributed by atoms with Gasteiger partial charge in [0.05, 0.1) is 13.5 Å². The summed E-state index contributed by atoms with van der Waals surface area (Å²) in [5.41, 5.74) is 2.44. The Bertz CT molecular complexity index is 754. The van der Waals surface area contributed by atoms with Crippen LogP contribution in [-0.4, -0.2) is 36.9 Å². The Morgan fingerprint density at radius 3 is 2.35 bits per heavy atom. The molecule has 5 nitrogen and oxygen atoms in total. The molecule has 0 radical (unpaired) electrons. The summed E-state index contributed by atoms with van der Waals surface area (Å²) in [5.74, 6) is 0.626. The Hall–Kier alpha value is -2.82. The van der Waals surface area contributed by atoms with Crippen LogP contribution in [0.5, 0.6) is 5.75 Å². The van der Waals surface area contributed by atoms with E-state index in [0.29, 0.717) is 17.9 Å². The van der Waals surface area contributed by atoms with Crippen LogP contribution in [0.3, 0.4) is 0 Å². The maximum atomic E-state index is 12.3. The monoisotopic (exact) mass is 354 g/mol. The predicted octanol–water partition coefficient (Wildman–Crippen LogP) is 3.03. The molecule has 0 aliphatic heterocycles. The van der Waals surface area contributed by atoms with E-state index >= 15 is 0 Å². The van der Waals surface area contributed by atoms with Crippen molar-refractivity contribution < 1.29 is 14.3 Å². The molecule has 138 valence electrons. The number of amides is 2. The van der Waals surface area contributed by atoms with E-state index in [4.69, 9.17) is 4.74 Å². The Labute approximate surface area is 155 Å². The molecule has 2 aromatic rings. The minimum Gasteiger partial charge on any atom is -0.496 e. The molecule has 0 saturated heterocycles. The van der Waals surface area contributed by atoms with Crippen LogP contribution in [0.2, 0.25) is 0 Å². The summed E-state index contributed by atoms with van der Waals surface area (Å²) in [5, 5.41) is 2.90. The third-order valence-corrected chi connectivity index (χ3v) is 4.33. The average Bonchev–Trinajstić information content (AvgIpc) is 2.66. The van der Waals surface area contributed by atoms with Crippen molar-refractivity contribution in [3.63, 3.8) is 0 Å². The molecule has 0 unspecified atom stereocenters. The van der Waals surface area contributed by atoms with E-state index in [-0.39, 0.29) is 24.3 Å². The molecule has 0 aliphatic carbocycles. The lowest BCUT2D eigenvalue weighted by Gasteiger charge is -2.21. The van der Waals surface area contributed by atoms with Crippen molar-refractivity contribution in [2.45, 2.75) is 32.9 Å². The number of nitrogens with zero attached hydrogens (tertiary/aromatic N) is 1. The highest BCUT2D eigenvalue weighted by molar-refractivity contribution is 5.94. The average molecular weight is 354 g/mol. The largest absolute Gasteiger partial charge is 0.496 e. The van der Waals surface area contributed by atoms with Crippen molar-refractivity contribution in [3.05, 3.63) is 65.2 Å². The summed E-state index contributed by atoms with van der Waals surface area (Å²) in [4.78, 5) is 26.1. The molecular formula is C21H26N2O3. The number of methoxy groups -OCH3 is 1. The van der Waals surface area contributed by atoms with Gasteiger partial charge in [0, 0.05) is 30.8 Å². The maximum absolute atomic E-state index is 12.3. The zero-order chi connectivity index (χ0) is 19.1. The minimum atomic E-state index is -0.0748. The SMILES string of the molecule is COc1ccccc1CC(=O)NCc1ccc(C(=O)N(C)C(C)C)cc1. The highest BCUT2D eigenvalue weighted by Gasteiger charge is 2.14. The van der Waals surface area contributed by atoms with Gasteiger partial charge in [-0.3, -0.25) is 9.59 Å². The van der Waals surface area contributed by atoms with Crippen molar-refractivity contribution >= 4 is 11.8 Å².